The number of nitrogens with one attached hydrogen (secondary N) is 1. The van der Waals surface area contributed by atoms with E-state index in [4.69, 9.17) is 16.3 Å². The molecule has 6 nitrogen and oxygen atoms in total. The van der Waals surface area contributed by atoms with E-state index in [2.05, 4.69) is 5.32 Å². The maximum atomic E-state index is 12.8. The maximum absolute atomic E-state index is 12.8. The predicted molar refractivity (Wildman–Crippen MR) is 104 cm³/mol. The second-order valence-corrected chi connectivity index (χ2v) is 6.35. The van der Waals surface area contributed by atoms with Crippen LogP contribution in [0.25, 0.3) is 0 Å². The molecule has 0 unspecified atom stereocenters. The van der Waals surface area contributed by atoms with Crippen LogP contribution in [0.5, 0.6) is 0 Å². The van der Waals surface area contributed by atoms with Crippen LogP contribution < -0.4 is 5.32 Å². The molecule has 142 valence electrons. The molecule has 2 rings (SSSR count). The molecule has 7 heteroatoms. The van der Waals surface area contributed by atoms with Gasteiger partial charge in [-0.1, -0.05) is 41.9 Å². The van der Waals surface area contributed by atoms with E-state index >= 15 is 0 Å². The number of ketones is 1. The lowest BCUT2D eigenvalue weighted by Crippen LogP contribution is -2.34. The van der Waals surface area contributed by atoms with Gasteiger partial charge in [0.25, 0.3) is 0 Å². The van der Waals surface area contributed by atoms with Crippen molar-refractivity contribution in [1.82, 2.24) is 4.90 Å². The molecule has 0 aliphatic carbocycles. The minimum Gasteiger partial charge on any atom is -0.465 e. The Balaban J connectivity index is 2.11. The first kappa shape index (κ1) is 20.6. The number of ether oxygens (including phenoxy) is 1. The van der Waals surface area contributed by atoms with Crippen molar-refractivity contribution in [2.75, 3.05) is 32.1 Å². The first-order valence-electron chi connectivity index (χ1n) is 8.44. The highest BCUT2D eigenvalue weighted by molar-refractivity contribution is 6.31. The minimum absolute atomic E-state index is 0.00230. The number of hydrogen-bond acceptors (Lipinski definition) is 5. The van der Waals surface area contributed by atoms with E-state index in [-0.39, 0.29) is 31.4 Å². The quantitative estimate of drug-likeness (QED) is 0.555. The molecule has 0 bridgehead atoms. The van der Waals surface area contributed by atoms with Gasteiger partial charge in [-0.15, -0.1) is 0 Å². The summed E-state index contributed by atoms with van der Waals surface area (Å²) in [4.78, 5) is 38.1. The maximum Gasteiger partial charge on any atom is 0.320 e. The van der Waals surface area contributed by atoms with Crippen LogP contribution >= 0.6 is 11.6 Å². The van der Waals surface area contributed by atoms with Crippen LogP contribution in [-0.4, -0.2) is 49.3 Å². The van der Waals surface area contributed by atoms with Crippen LogP contribution in [0.15, 0.2) is 48.5 Å². The second kappa shape index (κ2) is 9.85. The van der Waals surface area contributed by atoms with Crippen molar-refractivity contribution >= 4 is 34.9 Å². The minimum atomic E-state index is -0.403. The van der Waals surface area contributed by atoms with Crippen molar-refractivity contribution in [3.05, 3.63) is 64.7 Å². The van der Waals surface area contributed by atoms with Crippen molar-refractivity contribution in [3.8, 4) is 0 Å². The van der Waals surface area contributed by atoms with Crippen molar-refractivity contribution < 1.29 is 19.1 Å². The summed E-state index contributed by atoms with van der Waals surface area (Å²) in [5.41, 5.74) is 1.16. The number of hydrogen-bond donors (Lipinski definition) is 1. The first-order valence-corrected chi connectivity index (χ1v) is 8.81. The fourth-order valence-electron chi connectivity index (χ4n) is 2.48. The highest BCUT2D eigenvalue weighted by Crippen LogP contribution is 2.23. The summed E-state index contributed by atoms with van der Waals surface area (Å²) in [6.45, 7) is 1.98. The zero-order chi connectivity index (χ0) is 19.8. The number of amides is 1. The Hall–Kier alpha value is -2.70. The monoisotopic (exact) mass is 388 g/mol. The van der Waals surface area contributed by atoms with Gasteiger partial charge in [0, 0.05) is 16.1 Å². The molecular formula is C20H21ClN2O4. The van der Waals surface area contributed by atoms with Gasteiger partial charge in [-0.05, 0) is 32.2 Å². The number of benzene rings is 2. The van der Waals surface area contributed by atoms with Gasteiger partial charge < -0.3 is 10.1 Å². The van der Waals surface area contributed by atoms with Gasteiger partial charge in [-0.25, -0.2) is 0 Å². The number of esters is 1. The van der Waals surface area contributed by atoms with Crippen LogP contribution in [0, 0.1) is 0 Å². The number of likely N-dealkylation sites (N-methyl/N-ethyl adjacent to an activating group) is 1. The van der Waals surface area contributed by atoms with Gasteiger partial charge in [0.1, 0.15) is 0 Å². The molecule has 1 amide bonds. The highest BCUT2D eigenvalue weighted by Gasteiger charge is 2.17. The van der Waals surface area contributed by atoms with E-state index in [1.165, 1.54) is 11.0 Å². The van der Waals surface area contributed by atoms with Gasteiger partial charge in [0.05, 0.1) is 25.4 Å². The predicted octanol–water partition coefficient (Wildman–Crippen LogP) is 3.00. The Morgan fingerprint density at radius 3 is 2.44 bits per heavy atom. The van der Waals surface area contributed by atoms with Crippen molar-refractivity contribution in [3.63, 3.8) is 0 Å². The average molecular weight is 389 g/mol. The molecule has 27 heavy (non-hydrogen) atoms. The topological polar surface area (TPSA) is 75.7 Å². The molecule has 0 spiro atoms. The van der Waals surface area contributed by atoms with Crippen molar-refractivity contribution in [2.24, 2.45) is 0 Å². The Morgan fingerprint density at radius 2 is 1.78 bits per heavy atom. The summed E-state index contributed by atoms with van der Waals surface area (Å²) >= 11 is 6.03. The van der Waals surface area contributed by atoms with E-state index in [1.54, 1.807) is 50.4 Å². The molecular weight excluding hydrogens is 368 g/mol. The number of nitrogens with zero attached hydrogens (tertiary/aromatic N) is 1. The fraction of sp³-hybridized carbons (Fsp3) is 0.250. The van der Waals surface area contributed by atoms with E-state index < -0.39 is 5.97 Å². The zero-order valence-corrected chi connectivity index (χ0v) is 16.0. The van der Waals surface area contributed by atoms with Crippen molar-refractivity contribution in [1.29, 1.82) is 0 Å². The Bertz CT molecular complexity index is 824. The molecule has 0 heterocycles. The van der Waals surface area contributed by atoms with E-state index in [9.17, 15) is 14.4 Å². The van der Waals surface area contributed by atoms with Crippen LogP contribution in [0.1, 0.15) is 22.8 Å². The van der Waals surface area contributed by atoms with E-state index in [0.717, 1.165) is 0 Å². The number of rotatable bonds is 8. The van der Waals surface area contributed by atoms with Crippen LogP contribution in [0.2, 0.25) is 5.02 Å². The number of halogens is 1. The van der Waals surface area contributed by atoms with Gasteiger partial charge in [0.2, 0.25) is 5.91 Å². The molecule has 2 aromatic rings. The van der Waals surface area contributed by atoms with Crippen LogP contribution in [0.4, 0.5) is 5.69 Å². The summed E-state index contributed by atoms with van der Waals surface area (Å²) < 4.78 is 4.85. The lowest BCUT2D eigenvalue weighted by atomic mass is 10.0. The molecule has 0 saturated carbocycles. The number of carbonyl (C=O) groups excluding carboxylic acids is 3. The lowest BCUT2D eigenvalue weighted by molar-refractivity contribution is -0.144. The van der Waals surface area contributed by atoms with Gasteiger partial charge in [-0.2, -0.15) is 0 Å². The standard InChI is InChI=1S/C20H21ClN2O4/c1-3-27-19(25)13-23(2)12-18(24)22-17-10-9-15(21)11-16(17)20(26)14-7-5-4-6-8-14/h4-11H,3,12-13H2,1-2H3,(H,22,24). The van der Waals surface area contributed by atoms with Gasteiger partial charge in [-0.3, -0.25) is 19.3 Å². The Kier molecular flexibility index (Phi) is 7.52. The summed E-state index contributed by atoms with van der Waals surface area (Å²) in [5, 5.41) is 3.11. The van der Waals surface area contributed by atoms with Crippen LogP contribution in [-0.2, 0) is 14.3 Å². The lowest BCUT2D eigenvalue weighted by Gasteiger charge is -2.16. The molecule has 0 fully saturated rings. The first-order chi connectivity index (χ1) is 12.9. The van der Waals surface area contributed by atoms with Gasteiger partial charge >= 0.3 is 5.97 Å². The van der Waals surface area contributed by atoms with E-state index in [0.29, 0.717) is 21.8 Å². The van der Waals surface area contributed by atoms with E-state index in [1.807, 2.05) is 6.07 Å². The average Bonchev–Trinajstić information content (AvgIpc) is 2.63. The largest absolute Gasteiger partial charge is 0.465 e. The Morgan fingerprint density at radius 1 is 1.07 bits per heavy atom. The normalized spacial score (nSPS) is 10.5. The summed E-state index contributed by atoms with van der Waals surface area (Å²) in [6, 6.07) is 13.4. The molecule has 0 radical (unpaired) electrons. The SMILES string of the molecule is CCOC(=O)CN(C)CC(=O)Nc1ccc(Cl)cc1C(=O)c1ccccc1. The molecule has 0 saturated heterocycles. The molecule has 0 aliphatic rings. The molecule has 2 aromatic carbocycles. The molecule has 0 aliphatic heterocycles. The second-order valence-electron chi connectivity index (χ2n) is 5.91. The summed E-state index contributed by atoms with van der Waals surface area (Å²) in [5.74, 6) is -1.00. The summed E-state index contributed by atoms with van der Waals surface area (Å²) in [7, 11) is 1.63. The Labute approximate surface area is 163 Å². The highest BCUT2D eigenvalue weighted by atomic mass is 35.5. The summed E-state index contributed by atoms with van der Waals surface area (Å²) in [6.07, 6.45) is 0. The fourth-order valence-corrected chi connectivity index (χ4v) is 2.65. The number of anilines is 1. The third kappa shape index (κ3) is 6.20. The van der Waals surface area contributed by atoms with Crippen molar-refractivity contribution in [2.45, 2.75) is 6.92 Å². The zero-order valence-electron chi connectivity index (χ0n) is 15.2. The third-order valence-corrected chi connectivity index (χ3v) is 3.89. The van der Waals surface area contributed by atoms with Gasteiger partial charge in [0.15, 0.2) is 5.78 Å². The molecule has 0 atom stereocenters. The molecule has 1 N–H and O–H groups in total. The third-order valence-electron chi connectivity index (χ3n) is 3.65. The van der Waals surface area contributed by atoms with Crippen LogP contribution in [0.3, 0.4) is 0 Å². The smallest absolute Gasteiger partial charge is 0.320 e. The molecule has 0 aromatic heterocycles. The number of carbonyl (C=O) groups is 3.